The quantitative estimate of drug-likeness (QED) is 0.908. The first-order chi connectivity index (χ1) is 11.0. The minimum absolute atomic E-state index is 0.0829. The monoisotopic (exact) mass is 316 g/mol. The van der Waals surface area contributed by atoms with Crippen molar-refractivity contribution in [2.45, 2.75) is 39.8 Å². The number of aryl methyl sites for hydroxylation is 1. The van der Waals surface area contributed by atoms with Gasteiger partial charge in [0, 0.05) is 18.9 Å². The molecule has 0 bridgehead atoms. The van der Waals surface area contributed by atoms with E-state index in [1.165, 1.54) is 12.4 Å². The zero-order valence-electron chi connectivity index (χ0n) is 13.5. The minimum atomic E-state index is -0.471. The Morgan fingerprint density at radius 2 is 2.22 bits per heavy atom. The molecule has 0 aliphatic carbocycles. The van der Waals surface area contributed by atoms with Gasteiger partial charge in [-0.1, -0.05) is 13.8 Å². The Bertz CT molecular complexity index is 778. The molecule has 1 atom stereocenters. The van der Waals surface area contributed by atoms with E-state index in [1.54, 1.807) is 4.90 Å². The van der Waals surface area contributed by atoms with Crippen LogP contribution in [0.1, 0.15) is 48.4 Å². The second-order valence-electron chi connectivity index (χ2n) is 6.27. The Hall–Kier alpha value is -2.51. The lowest BCUT2D eigenvalue weighted by atomic mass is 10.0. The molecule has 8 heteroatoms. The van der Waals surface area contributed by atoms with Gasteiger partial charge in [0.2, 0.25) is 0 Å². The molecule has 2 aromatic rings. The molecule has 0 spiro atoms. The standard InChI is InChI=1S/C15H20N6O2/c1-9(2)6-11-7-20(8-12-19-18-10(3)21(11)12)15(23)13-14(22)17-5-4-16-13/h4-5,9,11H,6-8H2,1-3H3,(H,17,22)/t11-/m0/s1. The number of hydrogen-bond acceptors (Lipinski definition) is 5. The molecule has 1 aliphatic heterocycles. The number of carbonyl (C=O) groups is 1. The lowest BCUT2D eigenvalue weighted by Gasteiger charge is -2.34. The van der Waals surface area contributed by atoms with Crippen LogP contribution in [0.15, 0.2) is 17.2 Å². The van der Waals surface area contributed by atoms with Crippen LogP contribution in [0.5, 0.6) is 0 Å². The number of H-pyrrole nitrogens is 1. The van der Waals surface area contributed by atoms with Crippen LogP contribution in [-0.4, -0.2) is 42.1 Å². The van der Waals surface area contributed by atoms with E-state index in [2.05, 4.69) is 38.6 Å². The summed E-state index contributed by atoms with van der Waals surface area (Å²) in [4.78, 5) is 32.5. The molecule has 0 unspecified atom stereocenters. The summed E-state index contributed by atoms with van der Waals surface area (Å²) in [6.07, 6.45) is 3.74. The van der Waals surface area contributed by atoms with E-state index >= 15 is 0 Å². The van der Waals surface area contributed by atoms with Crippen LogP contribution >= 0.6 is 0 Å². The van der Waals surface area contributed by atoms with Gasteiger partial charge in [0.05, 0.1) is 12.6 Å². The Morgan fingerprint density at radius 1 is 1.43 bits per heavy atom. The highest BCUT2D eigenvalue weighted by atomic mass is 16.2. The molecule has 0 aromatic carbocycles. The summed E-state index contributed by atoms with van der Waals surface area (Å²) >= 11 is 0. The average molecular weight is 316 g/mol. The van der Waals surface area contributed by atoms with E-state index < -0.39 is 5.56 Å². The van der Waals surface area contributed by atoms with Gasteiger partial charge in [0.1, 0.15) is 5.82 Å². The van der Waals surface area contributed by atoms with E-state index in [9.17, 15) is 9.59 Å². The van der Waals surface area contributed by atoms with Gasteiger partial charge in [-0.3, -0.25) is 9.59 Å². The fourth-order valence-corrected chi connectivity index (χ4v) is 3.10. The fourth-order valence-electron chi connectivity index (χ4n) is 3.10. The van der Waals surface area contributed by atoms with Crippen LogP contribution in [0.2, 0.25) is 0 Å². The second kappa shape index (κ2) is 5.94. The molecule has 1 aliphatic rings. The third-order valence-electron chi connectivity index (χ3n) is 4.01. The summed E-state index contributed by atoms with van der Waals surface area (Å²) in [5.74, 6) is 1.71. The number of fused-ring (bicyclic) bond motifs is 1. The van der Waals surface area contributed by atoms with Crippen molar-refractivity contribution in [1.29, 1.82) is 0 Å². The van der Waals surface area contributed by atoms with Gasteiger partial charge in [0.25, 0.3) is 11.5 Å². The predicted octanol–water partition coefficient (Wildman–Crippen LogP) is 0.913. The molecule has 23 heavy (non-hydrogen) atoms. The number of rotatable bonds is 3. The Balaban J connectivity index is 1.92. The molecule has 0 radical (unpaired) electrons. The van der Waals surface area contributed by atoms with Crippen LogP contribution in [0.3, 0.4) is 0 Å². The lowest BCUT2D eigenvalue weighted by Crippen LogP contribution is -2.43. The van der Waals surface area contributed by atoms with Gasteiger partial charge in [-0.05, 0) is 19.3 Å². The number of amides is 1. The molecule has 0 fully saturated rings. The number of aromatic amines is 1. The third kappa shape index (κ3) is 2.88. The Kier molecular flexibility index (Phi) is 3.97. The lowest BCUT2D eigenvalue weighted by molar-refractivity contribution is 0.0652. The van der Waals surface area contributed by atoms with Gasteiger partial charge in [-0.25, -0.2) is 4.98 Å². The van der Waals surface area contributed by atoms with Crippen molar-refractivity contribution in [1.82, 2.24) is 29.6 Å². The Morgan fingerprint density at radius 3 is 2.91 bits per heavy atom. The third-order valence-corrected chi connectivity index (χ3v) is 4.01. The summed E-state index contributed by atoms with van der Waals surface area (Å²) in [6.45, 7) is 7.07. The highest BCUT2D eigenvalue weighted by Crippen LogP contribution is 2.27. The van der Waals surface area contributed by atoms with Crippen molar-refractivity contribution in [2.24, 2.45) is 5.92 Å². The molecular weight excluding hydrogens is 296 g/mol. The van der Waals surface area contributed by atoms with Crippen LogP contribution < -0.4 is 5.56 Å². The molecule has 0 saturated heterocycles. The maximum Gasteiger partial charge on any atom is 0.279 e. The number of hydrogen-bond donors (Lipinski definition) is 1. The minimum Gasteiger partial charge on any atom is -0.327 e. The normalized spacial score (nSPS) is 17.4. The van der Waals surface area contributed by atoms with E-state index in [0.29, 0.717) is 19.0 Å². The van der Waals surface area contributed by atoms with Crippen LogP contribution in [0.4, 0.5) is 0 Å². The summed E-state index contributed by atoms with van der Waals surface area (Å²) in [7, 11) is 0. The van der Waals surface area contributed by atoms with Gasteiger partial charge < -0.3 is 14.5 Å². The molecule has 3 rings (SSSR count). The highest BCUT2D eigenvalue weighted by Gasteiger charge is 2.32. The first-order valence-corrected chi connectivity index (χ1v) is 7.70. The highest BCUT2D eigenvalue weighted by molar-refractivity contribution is 5.91. The molecule has 2 aromatic heterocycles. The number of aromatic nitrogens is 5. The molecule has 122 valence electrons. The van der Waals surface area contributed by atoms with Crippen molar-refractivity contribution < 1.29 is 4.79 Å². The zero-order chi connectivity index (χ0) is 16.6. The van der Waals surface area contributed by atoms with E-state index in [0.717, 1.165) is 18.1 Å². The van der Waals surface area contributed by atoms with Crippen molar-refractivity contribution in [3.05, 3.63) is 40.1 Å². The van der Waals surface area contributed by atoms with Crippen molar-refractivity contribution in [3.8, 4) is 0 Å². The first-order valence-electron chi connectivity index (χ1n) is 7.70. The number of nitrogens with zero attached hydrogens (tertiary/aromatic N) is 5. The largest absolute Gasteiger partial charge is 0.327 e. The van der Waals surface area contributed by atoms with E-state index in [-0.39, 0.29) is 17.6 Å². The van der Waals surface area contributed by atoms with E-state index in [1.807, 2.05) is 6.92 Å². The predicted molar refractivity (Wildman–Crippen MR) is 82.8 cm³/mol. The fraction of sp³-hybridized carbons (Fsp3) is 0.533. The van der Waals surface area contributed by atoms with Crippen LogP contribution in [0.25, 0.3) is 0 Å². The molecule has 3 heterocycles. The number of nitrogens with one attached hydrogen (secondary N) is 1. The smallest absolute Gasteiger partial charge is 0.279 e. The second-order valence-corrected chi connectivity index (χ2v) is 6.27. The van der Waals surface area contributed by atoms with Gasteiger partial charge in [0.15, 0.2) is 11.5 Å². The summed E-state index contributed by atoms with van der Waals surface area (Å²) in [5, 5.41) is 8.31. The maximum atomic E-state index is 12.7. The molecule has 1 N–H and O–H groups in total. The Labute approximate surface area is 133 Å². The van der Waals surface area contributed by atoms with Gasteiger partial charge in [-0.2, -0.15) is 0 Å². The summed E-state index contributed by atoms with van der Waals surface area (Å²) < 4.78 is 2.10. The molecule has 0 saturated carbocycles. The van der Waals surface area contributed by atoms with Crippen LogP contribution in [0, 0.1) is 12.8 Å². The molecule has 8 nitrogen and oxygen atoms in total. The zero-order valence-corrected chi connectivity index (χ0v) is 13.5. The SMILES string of the molecule is Cc1nnc2n1[C@@H](CC(C)C)CN(C(=O)c1ncc[nH]c1=O)C2. The average Bonchev–Trinajstić information content (AvgIpc) is 2.88. The van der Waals surface area contributed by atoms with Crippen molar-refractivity contribution >= 4 is 5.91 Å². The maximum absolute atomic E-state index is 12.7. The molecular formula is C15H20N6O2. The van der Waals surface area contributed by atoms with Gasteiger partial charge in [-0.15, -0.1) is 10.2 Å². The van der Waals surface area contributed by atoms with Crippen molar-refractivity contribution in [2.75, 3.05) is 6.54 Å². The summed E-state index contributed by atoms with van der Waals surface area (Å²) in [6, 6.07) is 0.112. The summed E-state index contributed by atoms with van der Waals surface area (Å²) in [5.41, 5.74) is -0.554. The first kappa shape index (κ1) is 15.4. The van der Waals surface area contributed by atoms with Crippen molar-refractivity contribution in [3.63, 3.8) is 0 Å². The molecule has 1 amide bonds. The number of carbonyl (C=O) groups excluding carboxylic acids is 1. The van der Waals surface area contributed by atoms with Gasteiger partial charge >= 0.3 is 0 Å². The van der Waals surface area contributed by atoms with Crippen LogP contribution in [-0.2, 0) is 6.54 Å². The topological polar surface area (TPSA) is 96.8 Å². The van der Waals surface area contributed by atoms with E-state index in [4.69, 9.17) is 0 Å².